The maximum Gasteiger partial charge on any atom is 0.240 e. The highest BCUT2D eigenvalue weighted by atomic mass is 79.9. The lowest BCUT2D eigenvalue weighted by Gasteiger charge is -2.29. The van der Waals surface area contributed by atoms with Gasteiger partial charge in [-0.05, 0) is 84.4 Å². The minimum Gasteiger partial charge on any atom is -0.349 e. The van der Waals surface area contributed by atoms with Gasteiger partial charge < -0.3 is 5.32 Å². The van der Waals surface area contributed by atoms with Gasteiger partial charge >= 0.3 is 0 Å². The van der Waals surface area contributed by atoms with E-state index in [-0.39, 0.29) is 34.6 Å². The molecule has 1 atom stereocenters. The molecular formula is C21H23BrClFN2O3S. The van der Waals surface area contributed by atoms with E-state index in [4.69, 9.17) is 11.6 Å². The van der Waals surface area contributed by atoms with Crippen molar-refractivity contribution in [2.75, 3.05) is 0 Å². The molecule has 2 aromatic rings. The first-order chi connectivity index (χ1) is 14.2. The summed E-state index contributed by atoms with van der Waals surface area (Å²) in [6.45, 7) is 1.86. The molecule has 30 heavy (non-hydrogen) atoms. The second-order valence-corrected chi connectivity index (χ2v) is 10.5. The fourth-order valence-electron chi connectivity index (χ4n) is 3.57. The van der Waals surface area contributed by atoms with E-state index in [2.05, 4.69) is 26.0 Å². The van der Waals surface area contributed by atoms with Crippen LogP contribution in [0.4, 0.5) is 4.39 Å². The van der Waals surface area contributed by atoms with Crippen LogP contribution in [0.3, 0.4) is 0 Å². The smallest absolute Gasteiger partial charge is 0.240 e. The quantitative estimate of drug-likeness (QED) is 0.569. The molecule has 2 aromatic carbocycles. The molecule has 1 aliphatic rings. The lowest BCUT2D eigenvalue weighted by atomic mass is 9.85. The van der Waals surface area contributed by atoms with Crippen LogP contribution in [0.15, 0.2) is 51.8 Å². The van der Waals surface area contributed by atoms with Gasteiger partial charge in [-0.1, -0.05) is 23.7 Å². The summed E-state index contributed by atoms with van der Waals surface area (Å²) in [5, 5.41) is 3.29. The van der Waals surface area contributed by atoms with E-state index in [1.54, 1.807) is 18.2 Å². The summed E-state index contributed by atoms with van der Waals surface area (Å²) in [5.74, 6) is -0.549. The van der Waals surface area contributed by atoms with Gasteiger partial charge in [-0.2, -0.15) is 0 Å². The van der Waals surface area contributed by atoms with E-state index in [1.807, 2.05) is 6.92 Å². The van der Waals surface area contributed by atoms with Gasteiger partial charge in [0.05, 0.1) is 16.0 Å². The molecule has 0 radical (unpaired) electrons. The Morgan fingerprint density at radius 1 is 1.13 bits per heavy atom. The van der Waals surface area contributed by atoms with Crippen LogP contribution < -0.4 is 10.0 Å². The third kappa shape index (κ3) is 5.81. The van der Waals surface area contributed by atoms with E-state index in [9.17, 15) is 17.6 Å². The van der Waals surface area contributed by atoms with Crippen molar-refractivity contribution in [3.05, 3.63) is 63.3 Å². The van der Waals surface area contributed by atoms with Gasteiger partial charge in [0.25, 0.3) is 0 Å². The minimum atomic E-state index is -3.68. The minimum absolute atomic E-state index is 0.0622. The molecule has 0 bridgehead atoms. The summed E-state index contributed by atoms with van der Waals surface area (Å²) in [6, 6.07) is 10.1. The first-order valence-corrected chi connectivity index (χ1v) is 12.3. The predicted molar refractivity (Wildman–Crippen MR) is 118 cm³/mol. The first-order valence-electron chi connectivity index (χ1n) is 9.69. The third-order valence-corrected chi connectivity index (χ3v) is 8.10. The Hall–Kier alpha value is -1.48. The highest BCUT2D eigenvalue weighted by Crippen LogP contribution is 2.28. The standard InChI is InChI=1S/C21H23BrClFN2O3S/c1-13(14-2-6-16(24)7-3-14)25-21(27)15-4-8-17(9-5-15)26-30(28,29)18-10-11-19(22)20(23)12-18/h2-3,6-7,10-13,15,17,26H,4-5,8-9H2,1H3,(H,25,27)/t13-,15?,17?/m1/s1. The lowest BCUT2D eigenvalue weighted by molar-refractivity contribution is -0.126. The molecule has 0 saturated heterocycles. The third-order valence-electron chi connectivity index (χ3n) is 5.35. The number of carbonyl (C=O) groups excluding carboxylic acids is 1. The Balaban J connectivity index is 1.53. The van der Waals surface area contributed by atoms with E-state index in [1.165, 1.54) is 24.3 Å². The molecule has 162 valence electrons. The van der Waals surface area contributed by atoms with Gasteiger partial charge in [0.15, 0.2) is 0 Å². The number of benzene rings is 2. The number of carbonyl (C=O) groups is 1. The Kier molecular flexibility index (Phi) is 7.55. The number of hydrogen-bond donors (Lipinski definition) is 2. The van der Waals surface area contributed by atoms with Crippen molar-refractivity contribution >= 4 is 43.5 Å². The predicted octanol–water partition coefficient (Wildman–Crippen LogP) is 4.96. The molecule has 0 unspecified atom stereocenters. The van der Waals surface area contributed by atoms with Gasteiger partial charge in [0.2, 0.25) is 15.9 Å². The maximum absolute atomic E-state index is 13.1. The monoisotopic (exact) mass is 516 g/mol. The fourth-order valence-corrected chi connectivity index (χ4v) is 5.39. The highest BCUT2D eigenvalue weighted by molar-refractivity contribution is 9.10. The normalized spacial score (nSPS) is 20.5. The van der Waals surface area contributed by atoms with Crippen molar-refractivity contribution in [3.8, 4) is 0 Å². The number of sulfonamides is 1. The molecule has 2 N–H and O–H groups in total. The summed E-state index contributed by atoms with van der Waals surface area (Å²) >= 11 is 9.26. The van der Waals surface area contributed by atoms with Crippen LogP contribution >= 0.6 is 27.5 Å². The molecule has 1 saturated carbocycles. The number of halogens is 3. The van der Waals surface area contributed by atoms with E-state index < -0.39 is 10.0 Å². The van der Waals surface area contributed by atoms with Gasteiger partial charge in [0.1, 0.15) is 5.82 Å². The first kappa shape index (κ1) is 23.2. The molecule has 0 aliphatic heterocycles. The van der Waals surface area contributed by atoms with Crippen molar-refractivity contribution in [1.29, 1.82) is 0 Å². The van der Waals surface area contributed by atoms with Crippen molar-refractivity contribution < 1.29 is 17.6 Å². The van der Waals surface area contributed by atoms with Crippen LogP contribution in [-0.2, 0) is 14.8 Å². The van der Waals surface area contributed by atoms with Gasteiger partial charge in [0, 0.05) is 16.4 Å². The molecule has 9 heteroatoms. The maximum atomic E-state index is 13.1. The number of nitrogens with one attached hydrogen (secondary N) is 2. The van der Waals surface area contributed by atoms with Crippen molar-refractivity contribution in [1.82, 2.24) is 10.0 Å². The molecule has 1 amide bonds. The van der Waals surface area contributed by atoms with Crippen LogP contribution in [0.2, 0.25) is 5.02 Å². The summed E-state index contributed by atoms with van der Waals surface area (Å²) in [4.78, 5) is 12.7. The molecule has 3 rings (SSSR count). The number of rotatable bonds is 6. The summed E-state index contributed by atoms with van der Waals surface area (Å²) in [7, 11) is -3.68. The number of amides is 1. The molecule has 5 nitrogen and oxygen atoms in total. The largest absolute Gasteiger partial charge is 0.349 e. The number of hydrogen-bond acceptors (Lipinski definition) is 3. The topological polar surface area (TPSA) is 75.3 Å². The van der Waals surface area contributed by atoms with Crippen LogP contribution in [0.5, 0.6) is 0 Å². The van der Waals surface area contributed by atoms with Gasteiger partial charge in [-0.3, -0.25) is 4.79 Å². The molecule has 0 spiro atoms. The Morgan fingerprint density at radius 3 is 2.37 bits per heavy atom. The highest BCUT2D eigenvalue weighted by Gasteiger charge is 2.30. The van der Waals surface area contributed by atoms with Crippen LogP contribution in [0, 0.1) is 11.7 Å². The Morgan fingerprint density at radius 2 is 1.77 bits per heavy atom. The van der Waals surface area contributed by atoms with E-state index in [0.717, 1.165) is 5.56 Å². The van der Waals surface area contributed by atoms with E-state index in [0.29, 0.717) is 35.2 Å². The van der Waals surface area contributed by atoms with Crippen LogP contribution in [0.1, 0.15) is 44.2 Å². The molecule has 0 aromatic heterocycles. The van der Waals surface area contributed by atoms with Crippen LogP contribution in [0.25, 0.3) is 0 Å². The average Bonchev–Trinajstić information content (AvgIpc) is 2.70. The summed E-state index contributed by atoms with van der Waals surface area (Å²) in [5.41, 5.74) is 0.833. The second kappa shape index (κ2) is 9.77. The van der Waals surface area contributed by atoms with Crippen molar-refractivity contribution in [3.63, 3.8) is 0 Å². The Labute approximate surface area is 189 Å². The van der Waals surface area contributed by atoms with E-state index >= 15 is 0 Å². The molecular weight excluding hydrogens is 495 g/mol. The van der Waals surface area contributed by atoms with Crippen molar-refractivity contribution in [2.45, 2.75) is 49.6 Å². The zero-order valence-electron chi connectivity index (χ0n) is 16.4. The molecule has 1 aliphatic carbocycles. The average molecular weight is 518 g/mol. The summed E-state index contributed by atoms with van der Waals surface area (Å²) in [6.07, 6.45) is 2.34. The fraction of sp³-hybridized carbons (Fsp3) is 0.381. The zero-order chi connectivity index (χ0) is 21.9. The Bertz CT molecular complexity index is 1010. The van der Waals surface area contributed by atoms with Gasteiger partial charge in [-0.25, -0.2) is 17.5 Å². The van der Waals surface area contributed by atoms with Crippen molar-refractivity contribution in [2.24, 2.45) is 5.92 Å². The SMILES string of the molecule is C[C@@H](NC(=O)C1CCC(NS(=O)(=O)c2ccc(Br)c(Cl)c2)CC1)c1ccc(F)cc1. The lowest BCUT2D eigenvalue weighted by Crippen LogP contribution is -2.41. The van der Waals surface area contributed by atoms with Gasteiger partial charge in [-0.15, -0.1) is 0 Å². The summed E-state index contributed by atoms with van der Waals surface area (Å²) < 4.78 is 41.6. The molecule has 0 heterocycles. The second-order valence-electron chi connectivity index (χ2n) is 7.53. The molecule has 1 fully saturated rings. The zero-order valence-corrected chi connectivity index (χ0v) is 19.5. The van der Waals surface area contributed by atoms with Crippen LogP contribution in [-0.4, -0.2) is 20.4 Å².